The molecule has 2 aliphatic carbocycles. The number of carbonyl (C=O) groups excluding carboxylic acids is 1. The molecule has 0 bridgehead atoms. The van der Waals surface area contributed by atoms with Crippen molar-refractivity contribution in [2.24, 2.45) is 31.8 Å². The molecule has 1 aliphatic heterocycles. The molecule has 4 rings (SSSR count). The van der Waals surface area contributed by atoms with Crippen molar-refractivity contribution >= 4 is 5.91 Å². The molecule has 1 saturated heterocycles. The molecule has 7 nitrogen and oxygen atoms in total. The van der Waals surface area contributed by atoms with Gasteiger partial charge in [0.1, 0.15) is 5.69 Å². The molecule has 1 amide bonds. The quantitative estimate of drug-likeness (QED) is 0.858. The van der Waals surface area contributed by atoms with Gasteiger partial charge in [-0.25, -0.2) is 4.79 Å². The van der Waals surface area contributed by atoms with Crippen molar-refractivity contribution in [1.82, 2.24) is 14.5 Å². The fraction of sp³-hybridized carbons (Fsp3) is 0.722. The van der Waals surface area contributed by atoms with E-state index in [1.807, 2.05) is 0 Å². The van der Waals surface area contributed by atoms with Crippen LogP contribution in [0.5, 0.6) is 0 Å². The summed E-state index contributed by atoms with van der Waals surface area (Å²) in [5.41, 5.74) is -0.822. The summed E-state index contributed by atoms with van der Waals surface area (Å²) in [4.78, 5) is 36.7. The molecule has 136 valence electrons. The van der Waals surface area contributed by atoms with Gasteiger partial charge in [0, 0.05) is 44.6 Å². The van der Waals surface area contributed by atoms with Crippen molar-refractivity contribution < 1.29 is 9.53 Å². The maximum atomic E-state index is 12.8. The predicted molar refractivity (Wildman–Crippen MR) is 91.5 cm³/mol. The first kappa shape index (κ1) is 16.6. The van der Waals surface area contributed by atoms with Crippen molar-refractivity contribution in [3.63, 3.8) is 0 Å². The highest BCUT2D eigenvalue weighted by molar-refractivity contribution is 5.92. The van der Waals surface area contributed by atoms with Crippen molar-refractivity contribution in [3.05, 3.63) is 32.6 Å². The van der Waals surface area contributed by atoms with Gasteiger partial charge in [-0.15, -0.1) is 0 Å². The number of rotatable bonds is 3. The number of ether oxygens (including phenoxy) is 1. The lowest BCUT2D eigenvalue weighted by atomic mass is 9.61. The summed E-state index contributed by atoms with van der Waals surface area (Å²) < 4.78 is 8.15. The molecule has 7 heteroatoms. The number of aromatic nitrogens is 2. The minimum atomic E-state index is -0.485. The third-order valence-corrected chi connectivity index (χ3v) is 6.44. The van der Waals surface area contributed by atoms with E-state index in [0.717, 1.165) is 17.6 Å². The molecule has 2 saturated carbocycles. The molecule has 1 N–H and O–H groups in total. The fourth-order valence-electron chi connectivity index (χ4n) is 5.04. The molecule has 0 radical (unpaired) electrons. The van der Waals surface area contributed by atoms with E-state index in [9.17, 15) is 14.4 Å². The molecule has 2 heterocycles. The summed E-state index contributed by atoms with van der Waals surface area (Å²) in [5, 5.41) is 3.12. The molecule has 0 unspecified atom stereocenters. The van der Waals surface area contributed by atoms with E-state index in [-0.39, 0.29) is 23.7 Å². The normalized spacial score (nSPS) is 31.6. The Balaban J connectivity index is 1.58. The van der Waals surface area contributed by atoms with Crippen LogP contribution in [0.2, 0.25) is 0 Å². The van der Waals surface area contributed by atoms with Crippen LogP contribution in [0, 0.1) is 17.8 Å². The van der Waals surface area contributed by atoms with Crippen LogP contribution in [-0.4, -0.2) is 33.8 Å². The van der Waals surface area contributed by atoms with Crippen molar-refractivity contribution in [1.29, 1.82) is 0 Å². The summed E-state index contributed by atoms with van der Waals surface area (Å²) in [7, 11) is 2.93. The average Bonchev–Trinajstić information content (AvgIpc) is 3.25. The molecule has 4 atom stereocenters. The lowest BCUT2D eigenvalue weighted by Crippen LogP contribution is -2.63. The van der Waals surface area contributed by atoms with Crippen molar-refractivity contribution in [3.8, 4) is 0 Å². The second-order valence-corrected chi connectivity index (χ2v) is 7.68. The van der Waals surface area contributed by atoms with Gasteiger partial charge in [0.2, 0.25) is 0 Å². The Morgan fingerprint density at radius 1 is 1.16 bits per heavy atom. The average molecular weight is 347 g/mol. The summed E-state index contributed by atoms with van der Waals surface area (Å²) in [5.74, 6) is 0.994. The Kier molecular flexibility index (Phi) is 4.06. The van der Waals surface area contributed by atoms with E-state index in [4.69, 9.17) is 4.74 Å². The molecule has 25 heavy (non-hydrogen) atoms. The lowest BCUT2D eigenvalue weighted by molar-refractivity contribution is -0.0785. The maximum absolute atomic E-state index is 12.8. The Hall–Kier alpha value is -1.89. The first-order chi connectivity index (χ1) is 12.0. The van der Waals surface area contributed by atoms with E-state index in [1.54, 1.807) is 0 Å². The first-order valence-corrected chi connectivity index (χ1v) is 9.18. The van der Waals surface area contributed by atoms with Crippen LogP contribution in [0.15, 0.2) is 15.7 Å². The summed E-state index contributed by atoms with van der Waals surface area (Å²) in [6.45, 7) is 0.759. The van der Waals surface area contributed by atoms with E-state index in [1.165, 1.54) is 50.4 Å². The zero-order chi connectivity index (χ0) is 17.7. The van der Waals surface area contributed by atoms with Gasteiger partial charge in [-0.2, -0.15) is 0 Å². The van der Waals surface area contributed by atoms with Crippen LogP contribution in [0.1, 0.15) is 42.6 Å². The molecule has 1 aromatic rings. The minimum Gasteiger partial charge on any atom is -0.377 e. The van der Waals surface area contributed by atoms with Gasteiger partial charge >= 0.3 is 5.69 Å². The SMILES string of the molecule is Cn1c(C(=O)N[C@H]2[C@H]3CCO[C@H]3[C@H]2C2CCCC2)cc(=O)n(C)c1=O. The van der Waals surface area contributed by atoms with Crippen LogP contribution >= 0.6 is 0 Å². The van der Waals surface area contributed by atoms with Crippen molar-refractivity contribution in [2.45, 2.75) is 44.2 Å². The molecular formula is C18H25N3O4. The zero-order valence-corrected chi connectivity index (χ0v) is 14.7. The highest BCUT2D eigenvalue weighted by atomic mass is 16.5. The largest absolute Gasteiger partial charge is 0.377 e. The number of amides is 1. The lowest BCUT2D eigenvalue weighted by Gasteiger charge is -2.50. The van der Waals surface area contributed by atoms with Gasteiger partial charge in [-0.3, -0.25) is 18.7 Å². The van der Waals surface area contributed by atoms with Gasteiger partial charge in [-0.05, 0) is 12.3 Å². The fourth-order valence-corrected chi connectivity index (χ4v) is 5.04. The molecule has 3 aliphatic rings. The Labute approximate surface area is 146 Å². The summed E-state index contributed by atoms with van der Waals surface area (Å²) >= 11 is 0. The highest BCUT2D eigenvalue weighted by Gasteiger charge is 2.57. The molecular weight excluding hydrogens is 322 g/mol. The predicted octanol–water partition coefficient (Wildman–Crippen LogP) is 0.407. The van der Waals surface area contributed by atoms with Crippen LogP contribution in [-0.2, 0) is 18.8 Å². The smallest absolute Gasteiger partial charge is 0.331 e. The van der Waals surface area contributed by atoms with Gasteiger partial charge in [-0.1, -0.05) is 25.7 Å². The zero-order valence-electron chi connectivity index (χ0n) is 14.7. The maximum Gasteiger partial charge on any atom is 0.331 e. The Bertz CT molecular complexity index is 801. The van der Waals surface area contributed by atoms with Crippen LogP contribution in [0.25, 0.3) is 0 Å². The molecule has 0 spiro atoms. The molecule has 0 aromatic carbocycles. The summed E-state index contributed by atoms with van der Waals surface area (Å²) in [6, 6.07) is 1.32. The number of nitrogens with zero attached hydrogens (tertiary/aromatic N) is 2. The second kappa shape index (κ2) is 6.12. The van der Waals surface area contributed by atoms with Gasteiger partial charge in [0.25, 0.3) is 11.5 Å². The Morgan fingerprint density at radius 2 is 1.88 bits per heavy atom. The van der Waals surface area contributed by atoms with E-state index in [0.29, 0.717) is 17.8 Å². The number of nitrogens with one attached hydrogen (secondary N) is 1. The number of fused-ring (bicyclic) bond motifs is 1. The molecule has 3 fully saturated rings. The topological polar surface area (TPSA) is 82.3 Å². The van der Waals surface area contributed by atoms with E-state index in [2.05, 4.69) is 5.32 Å². The monoisotopic (exact) mass is 347 g/mol. The highest BCUT2D eigenvalue weighted by Crippen LogP contribution is 2.51. The third kappa shape index (κ3) is 2.56. The summed E-state index contributed by atoms with van der Waals surface area (Å²) in [6.07, 6.45) is 6.14. The third-order valence-electron chi connectivity index (χ3n) is 6.44. The number of hydrogen-bond acceptors (Lipinski definition) is 4. The Morgan fingerprint density at radius 3 is 2.60 bits per heavy atom. The van der Waals surface area contributed by atoms with E-state index < -0.39 is 11.2 Å². The minimum absolute atomic E-state index is 0.0854. The van der Waals surface area contributed by atoms with Gasteiger partial charge in [0.05, 0.1) is 6.10 Å². The number of hydrogen-bond donors (Lipinski definition) is 1. The van der Waals surface area contributed by atoms with Crippen molar-refractivity contribution in [2.75, 3.05) is 6.61 Å². The number of carbonyl (C=O) groups is 1. The van der Waals surface area contributed by atoms with Crippen LogP contribution in [0.3, 0.4) is 0 Å². The van der Waals surface area contributed by atoms with Gasteiger partial charge < -0.3 is 10.1 Å². The van der Waals surface area contributed by atoms with Crippen LogP contribution in [0.4, 0.5) is 0 Å². The molecule has 1 aromatic heterocycles. The standard InChI is InChI=1S/C18H25N3O4/c1-20-12(9-13(22)21(2)18(20)24)17(23)19-15-11-7-8-25-16(11)14(15)10-5-3-4-6-10/h9-11,14-16H,3-8H2,1-2H3,(H,19,23)/t11-,14+,15+,16-/m1/s1. The first-order valence-electron chi connectivity index (χ1n) is 9.18. The van der Waals surface area contributed by atoms with Crippen LogP contribution < -0.4 is 16.6 Å². The van der Waals surface area contributed by atoms with Gasteiger partial charge in [0.15, 0.2) is 0 Å². The second-order valence-electron chi connectivity index (χ2n) is 7.68. The van der Waals surface area contributed by atoms with E-state index >= 15 is 0 Å².